The summed E-state index contributed by atoms with van der Waals surface area (Å²) in [7, 11) is 1.01. The maximum atomic E-state index is 14.8. The third-order valence-corrected chi connectivity index (χ3v) is 6.09. The fraction of sp³-hybridized carbons (Fsp3) is 0.440. The van der Waals surface area contributed by atoms with E-state index in [1.165, 1.54) is 18.3 Å². The highest BCUT2D eigenvalue weighted by atomic mass is 19.3. The Kier molecular flexibility index (Phi) is 9.73. The molecule has 1 saturated heterocycles. The van der Waals surface area contributed by atoms with Gasteiger partial charge in [-0.1, -0.05) is 30.3 Å². The molecule has 0 saturated carbocycles. The first-order valence-corrected chi connectivity index (χ1v) is 12.0. The Balaban J connectivity index is 1.87. The molecule has 16 heteroatoms. The van der Waals surface area contributed by atoms with E-state index in [0.717, 1.165) is 12.4 Å². The van der Waals surface area contributed by atoms with E-state index in [-0.39, 0.29) is 13.0 Å². The molecule has 1 aromatic carbocycles. The molecule has 1 aliphatic heterocycles. The van der Waals surface area contributed by atoms with Gasteiger partial charge in [-0.15, -0.1) is 0 Å². The largest absolute Gasteiger partial charge is 0.384 e. The van der Waals surface area contributed by atoms with Crippen LogP contribution in [0.5, 0.6) is 0 Å². The van der Waals surface area contributed by atoms with Gasteiger partial charge in [-0.05, 0) is 25.0 Å². The SMILES string of the molecule is COC(F)(F)[C@@H](NC(=O)c1ncccn1)C(=O)N[C@@H](C(=O)N[C@@H](Cc1ccccc1)C(=O)[C@@]1(C)CO1)C(F)(F)OC. The first kappa shape index (κ1) is 31.5. The molecule has 3 N–H and O–H groups in total. The number of aromatic nitrogens is 2. The maximum absolute atomic E-state index is 14.8. The Morgan fingerprint density at radius 1 is 0.902 bits per heavy atom. The number of hydrogen-bond donors (Lipinski definition) is 3. The van der Waals surface area contributed by atoms with Crippen LogP contribution < -0.4 is 16.0 Å². The zero-order chi connectivity index (χ0) is 30.4. The van der Waals surface area contributed by atoms with Crippen LogP contribution in [0, 0.1) is 0 Å². The Labute approximate surface area is 231 Å². The molecule has 0 aliphatic carbocycles. The summed E-state index contributed by atoms with van der Waals surface area (Å²) in [6.45, 7) is 1.47. The van der Waals surface area contributed by atoms with Crippen LogP contribution in [-0.4, -0.2) is 90.2 Å². The molecule has 12 nitrogen and oxygen atoms in total. The van der Waals surface area contributed by atoms with Crippen molar-refractivity contribution in [1.82, 2.24) is 25.9 Å². The number of nitrogens with one attached hydrogen (secondary N) is 3. The second-order valence-electron chi connectivity index (χ2n) is 9.09. The topological polar surface area (TPSA) is 161 Å². The molecule has 1 aromatic heterocycles. The summed E-state index contributed by atoms with van der Waals surface area (Å²) in [6, 6.07) is 2.32. The van der Waals surface area contributed by atoms with Crippen molar-refractivity contribution in [3.05, 3.63) is 60.2 Å². The number of methoxy groups -OCH3 is 2. The normalized spacial score (nSPS) is 18.9. The van der Waals surface area contributed by atoms with E-state index in [1.807, 2.05) is 0 Å². The molecule has 4 atom stereocenters. The summed E-state index contributed by atoms with van der Waals surface area (Å²) in [5.74, 6) is -6.21. The summed E-state index contributed by atoms with van der Waals surface area (Å²) < 4.78 is 71.9. The van der Waals surface area contributed by atoms with Crippen LogP contribution in [0.25, 0.3) is 0 Å². The van der Waals surface area contributed by atoms with Crippen molar-refractivity contribution in [2.24, 2.45) is 0 Å². The number of rotatable bonds is 14. The first-order chi connectivity index (χ1) is 19.2. The zero-order valence-corrected chi connectivity index (χ0v) is 22.0. The van der Waals surface area contributed by atoms with Gasteiger partial charge in [0.1, 0.15) is 5.60 Å². The number of epoxide rings is 1. The van der Waals surface area contributed by atoms with Crippen molar-refractivity contribution in [3.63, 3.8) is 0 Å². The number of ether oxygens (including phenoxy) is 3. The van der Waals surface area contributed by atoms with E-state index < -0.39 is 65.3 Å². The molecule has 2 aromatic rings. The average molecular weight is 586 g/mol. The Hall–Kier alpha value is -4.02. The lowest BCUT2D eigenvalue weighted by molar-refractivity contribution is -0.246. The van der Waals surface area contributed by atoms with Crippen LogP contribution >= 0.6 is 0 Å². The minimum Gasteiger partial charge on any atom is -0.361 e. The van der Waals surface area contributed by atoms with Gasteiger partial charge in [0.25, 0.3) is 17.7 Å². The molecular formula is C25H27F4N5O7. The van der Waals surface area contributed by atoms with Crippen molar-refractivity contribution in [2.75, 3.05) is 20.8 Å². The standard InChI is InChI=1S/C25H27F4N5O7/c1-23(13-41-23)18(35)15(12-14-8-5-4-6-9-14)32-20(36)16(24(26,27)39-2)33-21(37)17(25(28,29)40-3)34-22(38)19-30-10-7-11-31-19/h4-11,15-17H,12-13H2,1-3H3,(H,32,36)(H,33,37)(H,34,38)/t15-,16-,17-,23+/m0/s1. The number of hydrogen-bond acceptors (Lipinski definition) is 9. The fourth-order valence-electron chi connectivity index (χ4n) is 3.61. The number of benzene rings is 1. The number of amides is 3. The number of carbonyl (C=O) groups excluding carboxylic acids is 4. The van der Waals surface area contributed by atoms with Crippen LogP contribution in [0.4, 0.5) is 17.6 Å². The van der Waals surface area contributed by atoms with E-state index in [9.17, 15) is 36.7 Å². The number of ketones is 1. The number of nitrogens with zero attached hydrogens (tertiary/aromatic N) is 2. The highest BCUT2D eigenvalue weighted by Crippen LogP contribution is 2.29. The van der Waals surface area contributed by atoms with Crippen LogP contribution in [0.1, 0.15) is 23.1 Å². The van der Waals surface area contributed by atoms with Gasteiger partial charge in [0, 0.05) is 26.6 Å². The van der Waals surface area contributed by atoms with Gasteiger partial charge < -0.3 is 30.2 Å². The molecule has 1 fully saturated rings. The third kappa shape index (κ3) is 7.80. The molecule has 3 rings (SSSR count). The monoisotopic (exact) mass is 585 g/mol. The van der Waals surface area contributed by atoms with Crippen LogP contribution in [0.2, 0.25) is 0 Å². The summed E-state index contributed by atoms with van der Waals surface area (Å²) in [5, 5.41) is 5.25. The predicted molar refractivity (Wildman–Crippen MR) is 131 cm³/mol. The predicted octanol–water partition coefficient (Wildman–Crippen LogP) is 0.624. The second-order valence-corrected chi connectivity index (χ2v) is 9.09. The van der Waals surface area contributed by atoms with Crippen molar-refractivity contribution in [2.45, 2.75) is 49.3 Å². The molecular weight excluding hydrogens is 558 g/mol. The lowest BCUT2D eigenvalue weighted by atomic mass is 9.94. The molecule has 0 radical (unpaired) electrons. The van der Waals surface area contributed by atoms with Gasteiger partial charge >= 0.3 is 12.2 Å². The Morgan fingerprint density at radius 2 is 1.41 bits per heavy atom. The molecule has 0 spiro atoms. The number of carbonyl (C=O) groups is 4. The summed E-state index contributed by atoms with van der Waals surface area (Å²) >= 11 is 0. The van der Waals surface area contributed by atoms with Crippen LogP contribution in [0.15, 0.2) is 48.8 Å². The molecule has 0 unspecified atom stereocenters. The molecule has 1 aliphatic rings. The van der Waals surface area contributed by atoms with Crippen molar-refractivity contribution in [1.29, 1.82) is 0 Å². The van der Waals surface area contributed by atoms with E-state index in [2.05, 4.69) is 24.8 Å². The molecule has 0 bridgehead atoms. The summed E-state index contributed by atoms with van der Waals surface area (Å²) in [5.41, 5.74) is -0.717. The lowest BCUT2D eigenvalue weighted by Crippen LogP contribution is -2.65. The van der Waals surface area contributed by atoms with Crippen LogP contribution in [0.3, 0.4) is 0 Å². The fourth-order valence-corrected chi connectivity index (χ4v) is 3.61. The van der Waals surface area contributed by atoms with Crippen molar-refractivity contribution in [3.8, 4) is 0 Å². The van der Waals surface area contributed by atoms with Gasteiger partial charge in [-0.25, -0.2) is 9.97 Å². The van der Waals surface area contributed by atoms with Crippen LogP contribution in [-0.2, 0) is 35.0 Å². The van der Waals surface area contributed by atoms with E-state index in [0.29, 0.717) is 19.8 Å². The minimum atomic E-state index is -4.46. The molecule has 222 valence electrons. The smallest absolute Gasteiger partial charge is 0.361 e. The van der Waals surface area contributed by atoms with E-state index in [1.54, 1.807) is 35.6 Å². The number of alkyl halides is 4. The lowest BCUT2D eigenvalue weighted by Gasteiger charge is -2.30. The maximum Gasteiger partial charge on any atom is 0.384 e. The summed E-state index contributed by atoms with van der Waals surface area (Å²) in [6.07, 6.45) is -6.81. The molecule has 2 heterocycles. The summed E-state index contributed by atoms with van der Waals surface area (Å²) in [4.78, 5) is 58.6. The van der Waals surface area contributed by atoms with Crippen molar-refractivity contribution >= 4 is 23.5 Å². The van der Waals surface area contributed by atoms with Gasteiger partial charge in [0.2, 0.25) is 11.9 Å². The zero-order valence-electron chi connectivity index (χ0n) is 22.0. The van der Waals surface area contributed by atoms with Gasteiger partial charge in [-0.3, -0.25) is 19.2 Å². The average Bonchev–Trinajstić information content (AvgIpc) is 3.72. The Morgan fingerprint density at radius 3 is 1.93 bits per heavy atom. The highest BCUT2D eigenvalue weighted by molar-refractivity contribution is 5.99. The molecule has 41 heavy (non-hydrogen) atoms. The van der Waals surface area contributed by atoms with Gasteiger partial charge in [0.15, 0.2) is 11.8 Å². The third-order valence-electron chi connectivity index (χ3n) is 6.09. The highest BCUT2D eigenvalue weighted by Gasteiger charge is 2.54. The Bertz CT molecular complexity index is 1250. The minimum absolute atomic E-state index is 0.0278. The number of Topliss-reactive ketones (excluding diaryl/α,β-unsaturated/α-hetero) is 1. The quantitative estimate of drug-likeness (QED) is 0.213. The van der Waals surface area contributed by atoms with Crippen molar-refractivity contribution < 1.29 is 51.0 Å². The molecule has 3 amide bonds. The second kappa shape index (κ2) is 12.7. The number of halogens is 4. The van der Waals surface area contributed by atoms with Gasteiger partial charge in [0.05, 0.1) is 12.6 Å². The van der Waals surface area contributed by atoms with E-state index >= 15 is 0 Å². The first-order valence-electron chi connectivity index (χ1n) is 12.0. The van der Waals surface area contributed by atoms with Gasteiger partial charge in [-0.2, -0.15) is 17.6 Å². The van der Waals surface area contributed by atoms with E-state index in [4.69, 9.17) is 4.74 Å².